The van der Waals surface area contributed by atoms with E-state index < -0.39 is 6.03 Å². The summed E-state index contributed by atoms with van der Waals surface area (Å²) in [6.45, 7) is 0.0410. The van der Waals surface area contributed by atoms with Crippen LogP contribution in [0.15, 0.2) is 36.4 Å². The van der Waals surface area contributed by atoms with Gasteiger partial charge in [-0.3, -0.25) is 5.21 Å². The Hall–Kier alpha value is -2.31. The number of amides is 2. The number of urea groups is 1. The van der Waals surface area contributed by atoms with Crippen molar-refractivity contribution in [2.75, 3.05) is 6.54 Å². The molecule has 4 N–H and O–H groups in total. The van der Waals surface area contributed by atoms with E-state index in [2.05, 4.69) is 0 Å². The first-order valence-corrected chi connectivity index (χ1v) is 7.27. The molecule has 21 heavy (non-hydrogen) atoms. The van der Waals surface area contributed by atoms with Gasteiger partial charge in [0.05, 0.1) is 6.54 Å². The molecule has 1 heterocycles. The van der Waals surface area contributed by atoms with Gasteiger partial charge in [-0.1, -0.05) is 18.2 Å². The molecule has 108 valence electrons. The second-order valence-corrected chi connectivity index (χ2v) is 5.87. The average molecular weight is 302 g/mol. The lowest BCUT2D eigenvalue weighted by molar-refractivity contribution is -0.0382. The zero-order chi connectivity index (χ0) is 15.0. The second-order valence-electron chi connectivity index (χ2n) is 4.79. The molecule has 6 heteroatoms. The molecule has 0 atom stereocenters. The van der Waals surface area contributed by atoms with Gasteiger partial charge in [-0.05, 0) is 30.2 Å². The highest BCUT2D eigenvalue weighted by molar-refractivity contribution is 7.25. The second kappa shape index (κ2) is 5.23. The molecule has 3 rings (SSSR count). The number of nitrogens with two attached hydrogens (primary N) is 1. The van der Waals surface area contributed by atoms with Crippen molar-refractivity contribution in [3.8, 4) is 5.75 Å². The van der Waals surface area contributed by atoms with Crippen molar-refractivity contribution in [3.05, 3.63) is 42.0 Å². The van der Waals surface area contributed by atoms with Gasteiger partial charge in [0.15, 0.2) is 0 Å². The van der Waals surface area contributed by atoms with E-state index in [0.717, 1.165) is 20.2 Å². The lowest BCUT2D eigenvalue weighted by Gasteiger charge is -2.12. The van der Waals surface area contributed by atoms with E-state index in [0.29, 0.717) is 17.0 Å². The van der Waals surface area contributed by atoms with Crippen molar-refractivity contribution in [1.82, 2.24) is 5.06 Å². The lowest BCUT2D eigenvalue weighted by Crippen LogP contribution is -2.34. The molecule has 2 aromatic carbocycles. The maximum atomic E-state index is 10.8. The predicted molar refractivity (Wildman–Crippen MR) is 82.8 cm³/mol. The van der Waals surface area contributed by atoms with Crippen molar-refractivity contribution in [2.45, 2.75) is 6.42 Å². The number of thiophene rings is 1. The molecule has 0 fully saturated rings. The van der Waals surface area contributed by atoms with Crippen molar-refractivity contribution >= 4 is 37.5 Å². The number of hydrogen-bond donors (Lipinski definition) is 3. The normalized spacial score (nSPS) is 11.1. The summed E-state index contributed by atoms with van der Waals surface area (Å²) in [5, 5.41) is 22.0. The summed E-state index contributed by atoms with van der Waals surface area (Å²) in [6, 6.07) is 10.7. The number of carbonyl (C=O) groups excluding carboxylic acids is 1. The van der Waals surface area contributed by atoms with Crippen LogP contribution < -0.4 is 5.73 Å². The Bertz CT molecular complexity index is 828. The minimum atomic E-state index is -0.905. The SMILES string of the molecule is NC(=O)N(O)CCc1cc2sc3ccccc3c2cc1O. The van der Waals surface area contributed by atoms with E-state index in [1.807, 2.05) is 30.3 Å². The number of carbonyl (C=O) groups is 1. The van der Waals surface area contributed by atoms with Crippen LogP contribution in [0.25, 0.3) is 20.2 Å². The Morgan fingerprint density at radius 3 is 2.71 bits per heavy atom. The Labute approximate surface area is 124 Å². The van der Waals surface area contributed by atoms with Gasteiger partial charge in [0.2, 0.25) is 0 Å². The van der Waals surface area contributed by atoms with Crippen LogP contribution in [-0.4, -0.2) is 28.0 Å². The van der Waals surface area contributed by atoms with Crippen LogP contribution in [0, 0.1) is 0 Å². The summed E-state index contributed by atoms with van der Waals surface area (Å²) < 4.78 is 2.22. The zero-order valence-corrected chi connectivity index (χ0v) is 11.9. The summed E-state index contributed by atoms with van der Waals surface area (Å²) >= 11 is 1.65. The van der Waals surface area contributed by atoms with Crippen LogP contribution in [0.2, 0.25) is 0 Å². The third-order valence-electron chi connectivity index (χ3n) is 3.43. The molecular formula is C15H14N2O3S. The van der Waals surface area contributed by atoms with Crippen molar-refractivity contribution in [1.29, 1.82) is 0 Å². The Morgan fingerprint density at radius 1 is 1.19 bits per heavy atom. The molecule has 2 amide bonds. The molecule has 0 saturated heterocycles. The fraction of sp³-hybridized carbons (Fsp3) is 0.133. The topological polar surface area (TPSA) is 86.8 Å². The summed E-state index contributed by atoms with van der Waals surface area (Å²) in [5.41, 5.74) is 5.63. The standard InChI is InChI=1S/C15H14N2O3S/c16-15(19)17(20)6-5-9-7-14-11(8-12(9)18)10-3-1-2-4-13(10)21-14/h1-4,7-8,18,20H,5-6H2,(H2,16,19). The number of phenols is 1. The van der Waals surface area contributed by atoms with E-state index in [1.165, 1.54) is 0 Å². The fourth-order valence-corrected chi connectivity index (χ4v) is 3.49. The van der Waals surface area contributed by atoms with Gasteiger partial charge >= 0.3 is 6.03 Å². The predicted octanol–water partition coefficient (Wildman–Crippen LogP) is 3.07. The van der Waals surface area contributed by atoms with Gasteiger partial charge in [-0.25, -0.2) is 9.86 Å². The molecule has 0 radical (unpaired) electrons. The average Bonchev–Trinajstić information content (AvgIpc) is 2.82. The number of fused-ring (bicyclic) bond motifs is 3. The van der Waals surface area contributed by atoms with Crippen molar-refractivity contribution < 1.29 is 15.1 Å². The Kier molecular flexibility index (Phi) is 3.40. The molecule has 0 aliphatic heterocycles. The number of phenolic OH excluding ortho intramolecular Hbond substituents is 1. The minimum Gasteiger partial charge on any atom is -0.508 e. The molecule has 0 aliphatic rings. The third-order valence-corrected chi connectivity index (χ3v) is 4.56. The highest BCUT2D eigenvalue weighted by Gasteiger charge is 2.12. The first-order valence-electron chi connectivity index (χ1n) is 6.45. The van der Waals surface area contributed by atoms with E-state index in [-0.39, 0.29) is 12.3 Å². The molecule has 0 bridgehead atoms. The molecule has 1 aromatic heterocycles. The van der Waals surface area contributed by atoms with Crippen LogP contribution in [0.4, 0.5) is 4.79 Å². The Morgan fingerprint density at radius 2 is 1.95 bits per heavy atom. The van der Waals surface area contributed by atoms with Crippen molar-refractivity contribution in [3.63, 3.8) is 0 Å². The summed E-state index contributed by atoms with van der Waals surface area (Å²) in [5.74, 6) is 0.156. The monoisotopic (exact) mass is 302 g/mol. The fourth-order valence-electron chi connectivity index (χ4n) is 2.34. The number of nitrogens with zero attached hydrogens (tertiary/aromatic N) is 1. The molecule has 0 unspecified atom stereocenters. The largest absolute Gasteiger partial charge is 0.508 e. The van der Waals surface area contributed by atoms with Crippen LogP contribution in [0.5, 0.6) is 5.75 Å². The molecule has 0 spiro atoms. The quantitative estimate of drug-likeness (QED) is 0.513. The third kappa shape index (κ3) is 2.51. The highest BCUT2D eigenvalue weighted by Crippen LogP contribution is 2.37. The van der Waals surface area contributed by atoms with Crippen molar-refractivity contribution in [2.24, 2.45) is 5.73 Å². The van der Waals surface area contributed by atoms with E-state index in [1.54, 1.807) is 17.4 Å². The maximum absolute atomic E-state index is 10.8. The number of primary amides is 1. The molecule has 5 nitrogen and oxygen atoms in total. The van der Waals surface area contributed by atoms with E-state index in [4.69, 9.17) is 5.73 Å². The van der Waals surface area contributed by atoms with Crippen LogP contribution in [0.3, 0.4) is 0 Å². The van der Waals surface area contributed by atoms with E-state index in [9.17, 15) is 15.1 Å². The van der Waals surface area contributed by atoms with Crippen LogP contribution in [0.1, 0.15) is 5.56 Å². The lowest BCUT2D eigenvalue weighted by atomic mass is 10.1. The first-order chi connectivity index (χ1) is 10.1. The smallest absolute Gasteiger partial charge is 0.338 e. The summed E-state index contributed by atoms with van der Waals surface area (Å²) in [4.78, 5) is 10.8. The summed E-state index contributed by atoms with van der Waals surface area (Å²) in [6.07, 6.45) is 0.329. The minimum absolute atomic E-state index is 0.0410. The molecule has 0 aliphatic carbocycles. The van der Waals surface area contributed by atoms with Gasteiger partial charge in [0, 0.05) is 20.2 Å². The van der Waals surface area contributed by atoms with Gasteiger partial charge < -0.3 is 10.8 Å². The van der Waals surface area contributed by atoms with Gasteiger partial charge in [-0.2, -0.15) is 0 Å². The number of aromatic hydroxyl groups is 1. The number of hydrogen-bond acceptors (Lipinski definition) is 4. The van der Waals surface area contributed by atoms with Crippen LogP contribution in [-0.2, 0) is 6.42 Å². The van der Waals surface area contributed by atoms with Gasteiger partial charge in [0.25, 0.3) is 0 Å². The number of rotatable bonds is 3. The molecule has 3 aromatic rings. The Balaban J connectivity index is 1.99. The maximum Gasteiger partial charge on any atom is 0.338 e. The highest BCUT2D eigenvalue weighted by atomic mass is 32.1. The first kappa shape index (κ1) is 13.7. The van der Waals surface area contributed by atoms with Gasteiger partial charge in [0.1, 0.15) is 5.75 Å². The number of hydroxylamine groups is 2. The summed E-state index contributed by atoms with van der Waals surface area (Å²) in [7, 11) is 0. The molecular weight excluding hydrogens is 288 g/mol. The zero-order valence-electron chi connectivity index (χ0n) is 11.1. The van der Waals surface area contributed by atoms with Crippen LogP contribution >= 0.6 is 11.3 Å². The number of benzene rings is 2. The molecule has 0 saturated carbocycles. The van der Waals surface area contributed by atoms with E-state index >= 15 is 0 Å². The van der Waals surface area contributed by atoms with Gasteiger partial charge in [-0.15, -0.1) is 11.3 Å².